The third-order valence-corrected chi connectivity index (χ3v) is 3.79. The SMILES string of the molecule is CN(Cc1ccccc1F)C(=O)COC(=O)/C=C/c1ccsc1. The molecular weight excluding hydrogens is 317 g/mol. The molecule has 0 aliphatic rings. The van der Waals surface area contributed by atoms with E-state index in [0.717, 1.165) is 5.56 Å². The molecule has 6 heteroatoms. The van der Waals surface area contributed by atoms with Gasteiger partial charge in [-0.05, 0) is 34.5 Å². The zero-order valence-corrected chi connectivity index (χ0v) is 13.4. The first kappa shape index (κ1) is 16.9. The van der Waals surface area contributed by atoms with E-state index in [1.807, 2.05) is 16.8 Å². The molecule has 1 heterocycles. The van der Waals surface area contributed by atoms with Crippen LogP contribution in [0.3, 0.4) is 0 Å². The van der Waals surface area contributed by atoms with E-state index in [0.29, 0.717) is 5.56 Å². The number of hydrogen-bond acceptors (Lipinski definition) is 4. The lowest BCUT2D eigenvalue weighted by Crippen LogP contribution is -2.30. The Morgan fingerprint density at radius 1 is 1.30 bits per heavy atom. The highest BCUT2D eigenvalue weighted by Crippen LogP contribution is 2.09. The number of carbonyl (C=O) groups is 2. The Kier molecular flexibility index (Phi) is 6.05. The van der Waals surface area contributed by atoms with Crippen LogP contribution in [0.25, 0.3) is 6.08 Å². The fourth-order valence-corrected chi connectivity index (χ4v) is 2.42. The molecule has 0 N–H and O–H groups in total. The Hall–Kier alpha value is -2.47. The minimum atomic E-state index is -0.594. The van der Waals surface area contributed by atoms with E-state index in [4.69, 9.17) is 4.74 Å². The molecule has 0 atom stereocenters. The number of nitrogens with zero attached hydrogens (tertiary/aromatic N) is 1. The van der Waals surface area contributed by atoms with E-state index in [-0.39, 0.29) is 19.0 Å². The van der Waals surface area contributed by atoms with Gasteiger partial charge in [-0.1, -0.05) is 18.2 Å². The summed E-state index contributed by atoms with van der Waals surface area (Å²) in [5, 5.41) is 3.78. The lowest BCUT2D eigenvalue weighted by atomic mass is 10.2. The highest BCUT2D eigenvalue weighted by molar-refractivity contribution is 7.08. The van der Waals surface area contributed by atoms with E-state index in [9.17, 15) is 14.0 Å². The number of esters is 1. The average Bonchev–Trinajstić information content (AvgIpc) is 3.06. The monoisotopic (exact) mass is 333 g/mol. The summed E-state index contributed by atoms with van der Waals surface area (Å²) < 4.78 is 18.4. The Morgan fingerprint density at radius 3 is 2.78 bits per heavy atom. The zero-order chi connectivity index (χ0) is 16.7. The first-order valence-electron chi connectivity index (χ1n) is 6.90. The summed E-state index contributed by atoms with van der Waals surface area (Å²) in [7, 11) is 1.53. The topological polar surface area (TPSA) is 46.6 Å². The van der Waals surface area contributed by atoms with Crippen molar-refractivity contribution >= 4 is 29.3 Å². The summed E-state index contributed by atoms with van der Waals surface area (Å²) >= 11 is 1.52. The number of ether oxygens (including phenoxy) is 1. The fraction of sp³-hybridized carbons (Fsp3) is 0.176. The van der Waals surface area contributed by atoms with Crippen molar-refractivity contribution in [3.63, 3.8) is 0 Å². The fourth-order valence-electron chi connectivity index (χ4n) is 1.80. The molecule has 120 valence electrons. The van der Waals surface area contributed by atoms with Gasteiger partial charge >= 0.3 is 5.97 Å². The second kappa shape index (κ2) is 8.24. The van der Waals surface area contributed by atoms with Gasteiger partial charge in [0.15, 0.2) is 6.61 Å². The van der Waals surface area contributed by atoms with E-state index >= 15 is 0 Å². The summed E-state index contributed by atoms with van der Waals surface area (Å²) in [4.78, 5) is 24.8. The summed E-state index contributed by atoms with van der Waals surface area (Å²) in [6.45, 7) is -0.258. The molecule has 4 nitrogen and oxygen atoms in total. The smallest absolute Gasteiger partial charge is 0.331 e. The van der Waals surface area contributed by atoms with Gasteiger partial charge < -0.3 is 9.64 Å². The van der Waals surface area contributed by atoms with Crippen molar-refractivity contribution in [3.8, 4) is 0 Å². The number of amides is 1. The number of halogens is 1. The van der Waals surface area contributed by atoms with Gasteiger partial charge in [0.05, 0.1) is 0 Å². The lowest BCUT2D eigenvalue weighted by Gasteiger charge is -2.17. The van der Waals surface area contributed by atoms with Crippen molar-refractivity contribution in [2.75, 3.05) is 13.7 Å². The summed E-state index contributed by atoms with van der Waals surface area (Å²) in [6, 6.07) is 8.09. The first-order chi connectivity index (χ1) is 11.1. The van der Waals surface area contributed by atoms with E-state index in [1.54, 1.807) is 24.3 Å². The highest BCUT2D eigenvalue weighted by Gasteiger charge is 2.13. The van der Waals surface area contributed by atoms with Crippen LogP contribution in [0.1, 0.15) is 11.1 Å². The van der Waals surface area contributed by atoms with Gasteiger partial charge in [0.1, 0.15) is 5.82 Å². The first-order valence-corrected chi connectivity index (χ1v) is 7.85. The lowest BCUT2D eigenvalue weighted by molar-refractivity contribution is -0.147. The summed E-state index contributed by atoms with van der Waals surface area (Å²) in [5.41, 5.74) is 1.31. The number of likely N-dealkylation sites (N-methyl/N-ethyl adjacent to an activating group) is 1. The molecule has 0 fully saturated rings. The van der Waals surface area contributed by atoms with Crippen LogP contribution in [0.5, 0.6) is 0 Å². The number of benzene rings is 1. The van der Waals surface area contributed by atoms with Gasteiger partial charge in [-0.25, -0.2) is 9.18 Å². The average molecular weight is 333 g/mol. The standard InChI is InChI=1S/C17H16FNO3S/c1-19(10-14-4-2-3-5-15(14)18)16(20)11-22-17(21)7-6-13-8-9-23-12-13/h2-9,12H,10-11H2,1H3/b7-6+. The molecule has 0 unspecified atom stereocenters. The van der Waals surface area contributed by atoms with Crippen molar-refractivity contribution in [2.24, 2.45) is 0 Å². The van der Waals surface area contributed by atoms with Crippen molar-refractivity contribution in [1.82, 2.24) is 4.90 Å². The Labute approximate surface area is 137 Å². The number of hydrogen-bond donors (Lipinski definition) is 0. The maximum atomic E-state index is 13.5. The van der Waals surface area contributed by atoms with Crippen molar-refractivity contribution in [3.05, 3.63) is 64.1 Å². The van der Waals surface area contributed by atoms with Gasteiger partial charge in [0.2, 0.25) is 0 Å². The predicted octanol–water partition coefficient (Wildman–Crippen LogP) is 3.10. The quantitative estimate of drug-likeness (QED) is 0.603. The van der Waals surface area contributed by atoms with Gasteiger partial charge in [0.25, 0.3) is 5.91 Å². The van der Waals surface area contributed by atoms with Gasteiger partial charge in [0, 0.05) is 25.2 Å². The molecule has 0 spiro atoms. The van der Waals surface area contributed by atoms with Crippen LogP contribution in [-0.2, 0) is 20.9 Å². The molecule has 0 aliphatic carbocycles. The van der Waals surface area contributed by atoms with E-state index in [1.165, 1.54) is 35.4 Å². The van der Waals surface area contributed by atoms with Crippen molar-refractivity contribution in [1.29, 1.82) is 0 Å². The molecule has 0 radical (unpaired) electrons. The third kappa shape index (κ3) is 5.34. The Balaban J connectivity index is 1.79. The summed E-state index contributed by atoms with van der Waals surface area (Å²) in [6.07, 6.45) is 2.89. The molecule has 0 aliphatic heterocycles. The molecule has 0 saturated carbocycles. The molecule has 1 aromatic carbocycles. The van der Waals surface area contributed by atoms with Crippen LogP contribution < -0.4 is 0 Å². The number of thiophene rings is 1. The van der Waals surface area contributed by atoms with Crippen LogP contribution in [-0.4, -0.2) is 30.4 Å². The third-order valence-electron chi connectivity index (χ3n) is 3.08. The molecule has 1 aromatic heterocycles. The molecule has 2 aromatic rings. The highest BCUT2D eigenvalue weighted by atomic mass is 32.1. The largest absolute Gasteiger partial charge is 0.452 e. The molecule has 0 saturated heterocycles. The van der Waals surface area contributed by atoms with E-state index < -0.39 is 11.9 Å². The second-order valence-corrected chi connectivity index (χ2v) is 5.62. The normalized spacial score (nSPS) is 10.7. The molecule has 23 heavy (non-hydrogen) atoms. The predicted molar refractivity (Wildman–Crippen MR) is 87.2 cm³/mol. The Morgan fingerprint density at radius 2 is 2.09 bits per heavy atom. The van der Waals surface area contributed by atoms with Crippen LogP contribution in [0.4, 0.5) is 4.39 Å². The van der Waals surface area contributed by atoms with Gasteiger partial charge in [-0.15, -0.1) is 0 Å². The molecule has 1 amide bonds. The maximum absolute atomic E-state index is 13.5. The maximum Gasteiger partial charge on any atom is 0.331 e. The van der Waals surface area contributed by atoms with Gasteiger partial charge in [-0.2, -0.15) is 11.3 Å². The molecule has 0 bridgehead atoms. The van der Waals surface area contributed by atoms with Crippen molar-refractivity contribution in [2.45, 2.75) is 6.54 Å². The summed E-state index contributed by atoms with van der Waals surface area (Å²) in [5.74, 6) is -1.36. The van der Waals surface area contributed by atoms with Crippen LogP contribution in [0.15, 0.2) is 47.2 Å². The molecule has 2 rings (SSSR count). The van der Waals surface area contributed by atoms with E-state index in [2.05, 4.69) is 0 Å². The Bertz CT molecular complexity index is 698. The minimum absolute atomic E-state index is 0.119. The number of rotatable bonds is 6. The van der Waals surface area contributed by atoms with Crippen molar-refractivity contribution < 1.29 is 18.7 Å². The zero-order valence-electron chi connectivity index (χ0n) is 12.6. The minimum Gasteiger partial charge on any atom is -0.452 e. The van der Waals surface area contributed by atoms with Crippen LogP contribution in [0.2, 0.25) is 0 Å². The van der Waals surface area contributed by atoms with Crippen LogP contribution in [0, 0.1) is 5.82 Å². The van der Waals surface area contributed by atoms with Gasteiger partial charge in [-0.3, -0.25) is 4.79 Å². The number of carbonyl (C=O) groups excluding carboxylic acids is 2. The second-order valence-electron chi connectivity index (χ2n) is 4.84. The van der Waals surface area contributed by atoms with Crippen LogP contribution >= 0.6 is 11.3 Å². The molecular formula is C17H16FNO3S.